The standard InChI is InChI=1S/C13H26N2/c1-10-7-11(9-15-10)8-13(2,3)12-5-4-6-14-12/h10-12,14-15H,4-9H2,1-3H3/t10-,11?,12?/m1/s1. The summed E-state index contributed by atoms with van der Waals surface area (Å²) in [5.74, 6) is 0.900. The van der Waals surface area contributed by atoms with Gasteiger partial charge in [-0.25, -0.2) is 0 Å². The number of nitrogens with one attached hydrogen (secondary N) is 2. The fourth-order valence-electron chi connectivity index (χ4n) is 3.43. The van der Waals surface area contributed by atoms with Crippen LogP contribution in [0.3, 0.4) is 0 Å². The Labute approximate surface area is 94.2 Å². The van der Waals surface area contributed by atoms with Crippen LogP contribution in [0.25, 0.3) is 0 Å². The lowest BCUT2D eigenvalue weighted by Crippen LogP contribution is -2.38. The van der Waals surface area contributed by atoms with E-state index in [-0.39, 0.29) is 0 Å². The number of rotatable bonds is 3. The fourth-order valence-corrected chi connectivity index (χ4v) is 3.43. The molecule has 2 saturated heterocycles. The van der Waals surface area contributed by atoms with Crippen molar-refractivity contribution in [3.8, 4) is 0 Å². The van der Waals surface area contributed by atoms with Crippen molar-refractivity contribution in [1.82, 2.24) is 10.6 Å². The summed E-state index contributed by atoms with van der Waals surface area (Å²) in [5, 5.41) is 7.22. The quantitative estimate of drug-likeness (QED) is 0.746. The number of hydrogen-bond acceptors (Lipinski definition) is 2. The van der Waals surface area contributed by atoms with E-state index in [2.05, 4.69) is 31.4 Å². The molecule has 0 bridgehead atoms. The highest BCUT2D eigenvalue weighted by molar-refractivity contribution is 4.91. The molecule has 2 aliphatic heterocycles. The fraction of sp³-hybridized carbons (Fsp3) is 1.00. The van der Waals surface area contributed by atoms with E-state index in [4.69, 9.17) is 0 Å². The van der Waals surface area contributed by atoms with Crippen LogP contribution < -0.4 is 10.6 Å². The zero-order chi connectivity index (χ0) is 10.9. The Morgan fingerprint density at radius 2 is 2.07 bits per heavy atom. The van der Waals surface area contributed by atoms with Gasteiger partial charge in [0.25, 0.3) is 0 Å². The maximum absolute atomic E-state index is 3.66. The van der Waals surface area contributed by atoms with Crippen molar-refractivity contribution in [3.05, 3.63) is 0 Å². The van der Waals surface area contributed by atoms with Crippen LogP contribution in [0.2, 0.25) is 0 Å². The summed E-state index contributed by atoms with van der Waals surface area (Å²) in [7, 11) is 0. The summed E-state index contributed by atoms with van der Waals surface area (Å²) in [5.41, 5.74) is 0.479. The van der Waals surface area contributed by atoms with E-state index in [1.807, 2.05) is 0 Å². The smallest absolute Gasteiger partial charge is 0.0119 e. The molecule has 88 valence electrons. The van der Waals surface area contributed by atoms with Gasteiger partial charge < -0.3 is 10.6 Å². The number of hydrogen-bond donors (Lipinski definition) is 2. The van der Waals surface area contributed by atoms with E-state index < -0.39 is 0 Å². The van der Waals surface area contributed by atoms with E-state index in [1.54, 1.807) is 0 Å². The van der Waals surface area contributed by atoms with E-state index in [1.165, 1.54) is 38.8 Å². The molecule has 0 spiro atoms. The molecule has 15 heavy (non-hydrogen) atoms. The van der Waals surface area contributed by atoms with Gasteiger partial charge in [0.2, 0.25) is 0 Å². The minimum absolute atomic E-state index is 0.479. The van der Waals surface area contributed by atoms with Crippen LogP contribution in [-0.2, 0) is 0 Å². The Balaban J connectivity index is 1.86. The molecule has 2 rings (SSSR count). The maximum atomic E-state index is 3.66. The lowest BCUT2D eigenvalue weighted by atomic mass is 9.75. The molecule has 2 N–H and O–H groups in total. The normalized spacial score (nSPS) is 37.4. The van der Waals surface area contributed by atoms with Crippen molar-refractivity contribution < 1.29 is 0 Å². The first-order valence-electron chi connectivity index (χ1n) is 6.55. The predicted octanol–water partition coefficient (Wildman–Crippen LogP) is 2.15. The Bertz CT molecular complexity index is 207. The molecule has 0 amide bonds. The molecule has 2 unspecified atom stereocenters. The minimum atomic E-state index is 0.479. The van der Waals surface area contributed by atoms with Crippen LogP contribution in [-0.4, -0.2) is 25.2 Å². The van der Waals surface area contributed by atoms with Crippen molar-refractivity contribution in [2.24, 2.45) is 11.3 Å². The highest BCUT2D eigenvalue weighted by atomic mass is 15.0. The summed E-state index contributed by atoms with van der Waals surface area (Å²) in [4.78, 5) is 0. The molecule has 0 aromatic rings. The molecular formula is C13H26N2. The Morgan fingerprint density at radius 1 is 1.27 bits per heavy atom. The van der Waals surface area contributed by atoms with E-state index in [0.717, 1.165) is 18.0 Å². The molecular weight excluding hydrogens is 184 g/mol. The molecule has 0 aromatic carbocycles. The summed E-state index contributed by atoms with van der Waals surface area (Å²) >= 11 is 0. The van der Waals surface area contributed by atoms with Gasteiger partial charge in [-0.15, -0.1) is 0 Å². The molecule has 2 nitrogen and oxygen atoms in total. The SMILES string of the molecule is C[C@@H]1CC(CC(C)(C)C2CCCN2)CN1. The lowest BCUT2D eigenvalue weighted by molar-refractivity contribution is 0.205. The second-order valence-electron chi connectivity index (χ2n) is 6.25. The van der Waals surface area contributed by atoms with Gasteiger partial charge in [0.15, 0.2) is 0 Å². The Morgan fingerprint density at radius 3 is 2.60 bits per heavy atom. The lowest BCUT2D eigenvalue weighted by Gasteiger charge is -2.34. The van der Waals surface area contributed by atoms with Crippen LogP contribution in [0, 0.1) is 11.3 Å². The second-order valence-corrected chi connectivity index (χ2v) is 6.25. The van der Waals surface area contributed by atoms with E-state index in [0.29, 0.717) is 5.41 Å². The van der Waals surface area contributed by atoms with Crippen LogP contribution >= 0.6 is 0 Å². The summed E-state index contributed by atoms with van der Waals surface area (Å²) in [6.45, 7) is 9.66. The minimum Gasteiger partial charge on any atom is -0.314 e. The van der Waals surface area contributed by atoms with E-state index >= 15 is 0 Å². The van der Waals surface area contributed by atoms with Crippen molar-refractivity contribution in [2.45, 2.75) is 58.5 Å². The van der Waals surface area contributed by atoms with Gasteiger partial charge in [0.1, 0.15) is 0 Å². The average molecular weight is 210 g/mol. The average Bonchev–Trinajstić information content (AvgIpc) is 2.75. The largest absolute Gasteiger partial charge is 0.314 e. The molecule has 0 aromatic heterocycles. The van der Waals surface area contributed by atoms with Crippen LogP contribution in [0.5, 0.6) is 0 Å². The van der Waals surface area contributed by atoms with Gasteiger partial charge in [-0.3, -0.25) is 0 Å². The molecule has 0 radical (unpaired) electrons. The van der Waals surface area contributed by atoms with Crippen molar-refractivity contribution in [1.29, 1.82) is 0 Å². The molecule has 2 aliphatic rings. The molecule has 2 heteroatoms. The van der Waals surface area contributed by atoms with Gasteiger partial charge in [-0.05, 0) is 57.0 Å². The molecule has 0 saturated carbocycles. The monoisotopic (exact) mass is 210 g/mol. The summed E-state index contributed by atoms with van der Waals surface area (Å²) < 4.78 is 0. The first-order valence-corrected chi connectivity index (χ1v) is 6.55. The zero-order valence-corrected chi connectivity index (χ0v) is 10.5. The highest BCUT2D eigenvalue weighted by Gasteiger charge is 2.35. The molecule has 2 heterocycles. The van der Waals surface area contributed by atoms with Crippen molar-refractivity contribution >= 4 is 0 Å². The van der Waals surface area contributed by atoms with Crippen LogP contribution in [0.15, 0.2) is 0 Å². The summed E-state index contributed by atoms with van der Waals surface area (Å²) in [6, 6.07) is 1.50. The summed E-state index contributed by atoms with van der Waals surface area (Å²) in [6.07, 6.45) is 5.49. The molecule has 3 atom stereocenters. The van der Waals surface area contributed by atoms with Gasteiger partial charge in [-0.2, -0.15) is 0 Å². The van der Waals surface area contributed by atoms with Crippen molar-refractivity contribution in [2.75, 3.05) is 13.1 Å². The first kappa shape index (κ1) is 11.4. The third kappa shape index (κ3) is 2.73. The third-order valence-corrected chi connectivity index (χ3v) is 4.26. The maximum Gasteiger partial charge on any atom is 0.0119 e. The predicted molar refractivity (Wildman–Crippen MR) is 65.0 cm³/mol. The highest BCUT2D eigenvalue weighted by Crippen LogP contribution is 2.36. The first-order chi connectivity index (χ1) is 7.08. The van der Waals surface area contributed by atoms with Crippen LogP contribution in [0.1, 0.15) is 46.5 Å². The molecule has 2 fully saturated rings. The Hall–Kier alpha value is -0.0800. The van der Waals surface area contributed by atoms with Crippen LogP contribution in [0.4, 0.5) is 0 Å². The van der Waals surface area contributed by atoms with Gasteiger partial charge in [0, 0.05) is 12.1 Å². The van der Waals surface area contributed by atoms with Gasteiger partial charge >= 0.3 is 0 Å². The van der Waals surface area contributed by atoms with Gasteiger partial charge in [-0.1, -0.05) is 13.8 Å². The van der Waals surface area contributed by atoms with Gasteiger partial charge in [0.05, 0.1) is 0 Å². The molecule has 0 aliphatic carbocycles. The second kappa shape index (κ2) is 4.42. The zero-order valence-electron chi connectivity index (χ0n) is 10.5. The van der Waals surface area contributed by atoms with Crippen molar-refractivity contribution in [3.63, 3.8) is 0 Å². The Kier molecular flexibility index (Phi) is 3.36. The topological polar surface area (TPSA) is 24.1 Å². The third-order valence-electron chi connectivity index (χ3n) is 4.26. The van der Waals surface area contributed by atoms with E-state index in [9.17, 15) is 0 Å².